The molecule has 11 rings (SSSR count). The third-order valence-corrected chi connectivity index (χ3v) is 10.9. The van der Waals surface area contributed by atoms with Gasteiger partial charge in [0.2, 0.25) is 0 Å². The normalized spacial score (nSPS) is 11.6. The highest BCUT2D eigenvalue weighted by Crippen LogP contribution is 2.41. The Labute approximate surface area is 318 Å². The summed E-state index contributed by atoms with van der Waals surface area (Å²) >= 11 is 0. The van der Waals surface area contributed by atoms with Crippen LogP contribution in [0, 0.1) is 0 Å². The number of hydrogen-bond acceptors (Lipinski definition) is 2. The van der Waals surface area contributed by atoms with Gasteiger partial charge in [-0.15, -0.1) is 0 Å². The first-order valence-electron chi connectivity index (χ1n) is 18.7. The van der Waals surface area contributed by atoms with E-state index in [1.807, 2.05) is 12.1 Å². The Hall–Kier alpha value is -7.36. The zero-order valence-corrected chi connectivity index (χ0v) is 29.9. The van der Waals surface area contributed by atoms with Gasteiger partial charge < -0.3 is 13.9 Å². The molecule has 0 atom stereocenters. The molecule has 258 valence electrons. The molecule has 0 aliphatic heterocycles. The zero-order valence-electron chi connectivity index (χ0n) is 29.9. The van der Waals surface area contributed by atoms with Crippen molar-refractivity contribution < 1.29 is 4.42 Å². The summed E-state index contributed by atoms with van der Waals surface area (Å²) in [5.74, 6) is 0. The lowest BCUT2D eigenvalue weighted by Gasteiger charge is -2.26. The first kappa shape index (κ1) is 31.2. The molecule has 2 aromatic heterocycles. The molecule has 3 nitrogen and oxygen atoms in total. The maximum absolute atomic E-state index is 6.33. The first-order chi connectivity index (χ1) is 27.2. The van der Waals surface area contributed by atoms with Crippen molar-refractivity contribution in [3.63, 3.8) is 0 Å². The van der Waals surface area contributed by atoms with Crippen molar-refractivity contribution in [2.24, 2.45) is 0 Å². The third kappa shape index (κ3) is 5.28. The van der Waals surface area contributed by atoms with Crippen molar-refractivity contribution in [3.05, 3.63) is 206 Å². The number of aromatic nitrogens is 1. The van der Waals surface area contributed by atoms with Gasteiger partial charge in [-0.3, -0.25) is 0 Å². The highest BCUT2D eigenvalue weighted by atomic mass is 16.3. The summed E-state index contributed by atoms with van der Waals surface area (Å²) in [5.41, 5.74) is 13.2. The number of benzene rings is 9. The molecular weight excluding hydrogens is 669 g/mol. The Morgan fingerprint density at radius 1 is 0.327 bits per heavy atom. The van der Waals surface area contributed by atoms with Crippen LogP contribution in [0.3, 0.4) is 0 Å². The van der Waals surface area contributed by atoms with Gasteiger partial charge >= 0.3 is 0 Å². The molecule has 0 amide bonds. The van der Waals surface area contributed by atoms with Gasteiger partial charge in [0.1, 0.15) is 11.2 Å². The van der Waals surface area contributed by atoms with Crippen molar-refractivity contribution >= 4 is 71.6 Å². The third-order valence-electron chi connectivity index (χ3n) is 10.9. The zero-order chi connectivity index (χ0) is 36.3. The lowest BCUT2D eigenvalue weighted by Crippen LogP contribution is -2.09. The number of nitrogens with zero attached hydrogens (tertiary/aromatic N) is 2. The van der Waals surface area contributed by atoms with Crippen LogP contribution in [0.1, 0.15) is 0 Å². The molecule has 0 radical (unpaired) electrons. The Balaban J connectivity index is 1.01. The maximum Gasteiger partial charge on any atom is 0.137 e. The van der Waals surface area contributed by atoms with Crippen molar-refractivity contribution in [2.75, 3.05) is 4.90 Å². The van der Waals surface area contributed by atoms with Gasteiger partial charge in [0.15, 0.2) is 0 Å². The molecule has 0 aliphatic carbocycles. The molecule has 0 spiro atoms. The van der Waals surface area contributed by atoms with Crippen molar-refractivity contribution in [3.8, 4) is 27.9 Å². The molecule has 55 heavy (non-hydrogen) atoms. The van der Waals surface area contributed by atoms with Crippen molar-refractivity contribution in [1.29, 1.82) is 0 Å². The van der Waals surface area contributed by atoms with Crippen LogP contribution in [0.2, 0.25) is 0 Å². The van der Waals surface area contributed by atoms with Gasteiger partial charge in [-0.05, 0) is 106 Å². The van der Waals surface area contributed by atoms with E-state index in [2.05, 4.69) is 204 Å². The summed E-state index contributed by atoms with van der Waals surface area (Å²) in [6, 6.07) is 74.0. The first-order valence-corrected chi connectivity index (χ1v) is 18.7. The Kier molecular flexibility index (Phi) is 7.17. The summed E-state index contributed by atoms with van der Waals surface area (Å²) in [5, 5.41) is 7.23. The van der Waals surface area contributed by atoms with Crippen LogP contribution < -0.4 is 4.90 Å². The van der Waals surface area contributed by atoms with Crippen LogP contribution in [0.25, 0.3) is 82.5 Å². The van der Waals surface area contributed by atoms with Crippen molar-refractivity contribution in [1.82, 2.24) is 4.57 Å². The minimum atomic E-state index is 0.875. The van der Waals surface area contributed by atoms with E-state index in [-0.39, 0.29) is 0 Å². The number of furan rings is 1. The van der Waals surface area contributed by atoms with Gasteiger partial charge in [-0.2, -0.15) is 0 Å². The summed E-state index contributed by atoms with van der Waals surface area (Å²) in [6.45, 7) is 0. The van der Waals surface area contributed by atoms with Crippen molar-refractivity contribution in [2.45, 2.75) is 0 Å². The van der Waals surface area contributed by atoms with E-state index in [0.29, 0.717) is 0 Å². The fourth-order valence-electron chi connectivity index (χ4n) is 8.32. The molecular formula is C52H34N2O. The van der Waals surface area contributed by atoms with Gasteiger partial charge in [0, 0.05) is 50.4 Å². The fraction of sp³-hybridized carbons (Fsp3) is 0. The molecule has 0 aliphatic rings. The molecule has 0 bridgehead atoms. The summed E-state index contributed by atoms with van der Waals surface area (Å²) in [6.07, 6.45) is 0. The van der Waals surface area contributed by atoms with E-state index in [0.717, 1.165) is 55.8 Å². The predicted molar refractivity (Wildman–Crippen MR) is 231 cm³/mol. The minimum absolute atomic E-state index is 0.875. The number of anilines is 3. The van der Waals surface area contributed by atoms with E-state index in [1.165, 1.54) is 43.7 Å². The lowest BCUT2D eigenvalue weighted by atomic mass is 9.97. The smallest absolute Gasteiger partial charge is 0.137 e. The van der Waals surface area contributed by atoms with Crippen LogP contribution in [0.15, 0.2) is 211 Å². The van der Waals surface area contributed by atoms with Gasteiger partial charge in [-0.1, -0.05) is 127 Å². The number of para-hydroxylation sites is 3. The highest BCUT2D eigenvalue weighted by molar-refractivity contribution is 6.10. The quantitative estimate of drug-likeness (QED) is 0.172. The molecule has 0 fully saturated rings. The predicted octanol–water partition coefficient (Wildman–Crippen LogP) is 14.6. The topological polar surface area (TPSA) is 21.3 Å². The Bertz CT molecular complexity index is 3220. The number of fused-ring (bicyclic) bond motifs is 7. The van der Waals surface area contributed by atoms with Crippen LogP contribution in [-0.2, 0) is 0 Å². The van der Waals surface area contributed by atoms with Gasteiger partial charge in [0.05, 0.1) is 11.0 Å². The van der Waals surface area contributed by atoms with Crippen LogP contribution in [0.5, 0.6) is 0 Å². The van der Waals surface area contributed by atoms with Gasteiger partial charge in [0.25, 0.3) is 0 Å². The lowest BCUT2D eigenvalue weighted by molar-refractivity contribution is 0.669. The second-order valence-corrected chi connectivity index (χ2v) is 14.2. The molecule has 11 aromatic rings. The van der Waals surface area contributed by atoms with Crippen LogP contribution >= 0.6 is 0 Å². The maximum atomic E-state index is 6.33. The second kappa shape index (κ2) is 12.6. The molecule has 0 N–H and O–H groups in total. The van der Waals surface area contributed by atoms with E-state index in [4.69, 9.17) is 4.42 Å². The molecule has 2 heterocycles. The standard InChI is InChI=1S/C52H34N2O/c1-2-17-41(18-3-1)53(44-27-29-48-47-21-7-9-23-51(47)55-52(48)34-44)42-19-11-16-39(32-42)36-14-10-15-37(30-36)40-25-28-46-45-20-6-8-22-49(45)54(50(46)33-40)43-26-24-35-12-4-5-13-38(35)31-43/h1-34H. The Morgan fingerprint density at radius 3 is 1.82 bits per heavy atom. The average molecular weight is 703 g/mol. The van der Waals surface area contributed by atoms with Crippen LogP contribution in [0.4, 0.5) is 17.1 Å². The summed E-state index contributed by atoms with van der Waals surface area (Å²) in [7, 11) is 0. The fourth-order valence-corrected chi connectivity index (χ4v) is 8.32. The molecule has 0 saturated heterocycles. The molecule has 0 saturated carbocycles. The largest absolute Gasteiger partial charge is 0.456 e. The molecule has 9 aromatic carbocycles. The van der Waals surface area contributed by atoms with E-state index in [9.17, 15) is 0 Å². The molecule has 3 heteroatoms. The summed E-state index contributed by atoms with van der Waals surface area (Å²) in [4.78, 5) is 2.31. The second-order valence-electron chi connectivity index (χ2n) is 14.2. The van der Waals surface area contributed by atoms with E-state index >= 15 is 0 Å². The Morgan fingerprint density at radius 2 is 0.945 bits per heavy atom. The molecule has 0 unspecified atom stereocenters. The van der Waals surface area contributed by atoms with Gasteiger partial charge in [-0.25, -0.2) is 0 Å². The average Bonchev–Trinajstić information content (AvgIpc) is 3.79. The SMILES string of the molecule is c1ccc(N(c2cccc(-c3cccc(-c4ccc5c6ccccc6n(-c6ccc7ccccc7c6)c5c4)c3)c2)c2ccc3c(c2)oc2ccccc23)cc1. The van der Waals surface area contributed by atoms with E-state index in [1.54, 1.807) is 0 Å². The number of hydrogen-bond donors (Lipinski definition) is 0. The number of rotatable bonds is 6. The monoisotopic (exact) mass is 702 g/mol. The summed E-state index contributed by atoms with van der Waals surface area (Å²) < 4.78 is 8.74. The van der Waals surface area contributed by atoms with Crippen LogP contribution in [-0.4, -0.2) is 4.57 Å². The highest BCUT2D eigenvalue weighted by Gasteiger charge is 2.17. The minimum Gasteiger partial charge on any atom is -0.456 e. The van der Waals surface area contributed by atoms with E-state index < -0.39 is 0 Å².